The van der Waals surface area contributed by atoms with E-state index in [9.17, 15) is 0 Å². The zero-order chi connectivity index (χ0) is 11.5. The van der Waals surface area contributed by atoms with E-state index in [2.05, 4.69) is 50.5 Å². The monoisotopic (exact) mass is 281 g/mol. The molecule has 2 rings (SSSR count). The van der Waals surface area contributed by atoms with E-state index >= 15 is 0 Å². The highest BCUT2D eigenvalue weighted by atomic mass is 79.9. The molecule has 2 heterocycles. The van der Waals surface area contributed by atoms with Gasteiger partial charge in [0, 0.05) is 12.2 Å². The van der Waals surface area contributed by atoms with Gasteiger partial charge in [0.1, 0.15) is 10.4 Å². The molecule has 1 unspecified atom stereocenters. The Morgan fingerprint density at radius 3 is 3.06 bits per heavy atom. The van der Waals surface area contributed by atoms with Gasteiger partial charge in [-0.2, -0.15) is 0 Å². The molecule has 2 aromatic heterocycles. The van der Waals surface area contributed by atoms with E-state index in [1.807, 2.05) is 18.3 Å². The molecule has 0 bridgehead atoms. The first kappa shape index (κ1) is 11.6. The lowest BCUT2D eigenvalue weighted by Gasteiger charge is -2.10. The number of hydrogen-bond donors (Lipinski definition) is 1. The zero-order valence-corrected chi connectivity index (χ0v) is 11.2. The van der Waals surface area contributed by atoms with Gasteiger partial charge in [-0.05, 0) is 41.4 Å². The van der Waals surface area contributed by atoms with Gasteiger partial charge in [-0.15, -0.1) is 0 Å². The van der Waals surface area contributed by atoms with Gasteiger partial charge in [-0.25, -0.2) is 4.98 Å². The SMILES string of the molecule is CCC(C)NCc1nc(Br)c2ccccn12. The molecule has 0 amide bonds. The molecule has 2 aromatic rings. The van der Waals surface area contributed by atoms with Crippen LogP contribution in [0.2, 0.25) is 0 Å². The van der Waals surface area contributed by atoms with Crippen LogP contribution in [0.5, 0.6) is 0 Å². The van der Waals surface area contributed by atoms with Gasteiger partial charge in [-0.1, -0.05) is 13.0 Å². The van der Waals surface area contributed by atoms with Crippen LogP contribution in [-0.2, 0) is 6.54 Å². The van der Waals surface area contributed by atoms with E-state index in [4.69, 9.17) is 0 Å². The van der Waals surface area contributed by atoms with Crippen LogP contribution >= 0.6 is 15.9 Å². The molecule has 0 aliphatic carbocycles. The van der Waals surface area contributed by atoms with Crippen molar-refractivity contribution >= 4 is 21.4 Å². The Bertz CT molecular complexity index is 478. The van der Waals surface area contributed by atoms with Crippen molar-refractivity contribution in [2.45, 2.75) is 32.9 Å². The van der Waals surface area contributed by atoms with Gasteiger partial charge in [0.2, 0.25) is 0 Å². The average molecular weight is 282 g/mol. The lowest BCUT2D eigenvalue weighted by Crippen LogP contribution is -2.25. The Balaban J connectivity index is 2.24. The maximum atomic E-state index is 4.51. The molecule has 3 nitrogen and oxygen atoms in total. The lowest BCUT2D eigenvalue weighted by molar-refractivity contribution is 0.522. The van der Waals surface area contributed by atoms with Gasteiger partial charge in [0.25, 0.3) is 0 Å². The number of hydrogen-bond acceptors (Lipinski definition) is 2. The van der Waals surface area contributed by atoms with Gasteiger partial charge >= 0.3 is 0 Å². The Hall–Kier alpha value is -0.870. The lowest BCUT2D eigenvalue weighted by atomic mass is 10.2. The number of rotatable bonds is 4. The highest BCUT2D eigenvalue weighted by Gasteiger charge is 2.08. The van der Waals surface area contributed by atoms with Crippen LogP contribution in [-0.4, -0.2) is 15.4 Å². The molecule has 1 atom stereocenters. The largest absolute Gasteiger partial charge is 0.307 e. The maximum Gasteiger partial charge on any atom is 0.132 e. The van der Waals surface area contributed by atoms with E-state index in [1.165, 1.54) is 0 Å². The summed E-state index contributed by atoms with van der Waals surface area (Å²) in [5.74, 6) is 1.04. The Morgan fingerprint density at radius 2 is 2.31 bits per heavy atom. The van der Waals surface area contributed by atoms with Gasteiger partial charge < -0.3 is 9.72 Å². The van der Waals surface area contributed by atoms with Crippen molar-refractivity contribution in [2.75, 3.05) is 0 Å². The summed E-state index contributed by atoms with van der Waals surface area (Å²) in [4.78, 5) is 4.51. The third-order valence-corrected chi connectivity index (χ3v) is 3.38. The molecular formula is C12H16BrN3. The van der Waals surface area contributed by atoms with Crippen molar-refractivity contribution in [2.24, 2.45) is 0 Å². The Labute approximate surface area is 104 Å². The molecule has 0 saturated carbocycles. The molecule has 0 saturated heterocycles. The van der Waals surface area contributed by atoms with Crippen molar-refractivity contribution in [3.8, 4) is 0 Å². The van der Waals surface area contributed by atoms with E-state index in [1.54, 1.807) is 0 Å². The predicted molar refractivity (Wildman–Crippen MR) is 69.5 cm³/mol. The second kappa shape index (κ2) is 4.97. The summed E-state index contributed by atoms with van der Waals surface area (Å²) in [5, 5.41) is 3.45. The molecule has 0 aliphatic rings. The summed E-state index contributed by atoms with van der Waals surface area (Å²) >= 11 is 3.48. The molecule has 0 fully saturated rings. The minimum atomic E-state index is 0.523. The second-order valence-electron chi connectivity index (χ2n) is 3.96. The smallest absolute Gasteiger partial charge is 0.132 e. The standard InChI is InChI=1S/C12H16BrN3/c1-3-9(2)14-8-11-15-12(13)10-6-4-5-7-16(10)11/h4-7,9,14H,3,8H2,1-2H3. The van der Waals surface area contributed by atoms with Crippen LogP contribution in [0.3, 0.4) is 0 Å². The number of halogens is 1. The van der Waals surface area contributed by atoms with Crippen molar-refractivity contribution in [1.29, 1.82) is 0 Å². The highest BCUT2D eigenvalue weighted by molar-refractivity contribution is 9.10. The summed E-state index contributed by atoms with van der Waals surface area (Å²) in [6, 6.07) is 6.63. The fraction of sp³-hybridized carbons (Fsp3) is 0.417. The zero-order valence-electron chi connectivity index (χ0n) is 9.57. The summed E-state index contributed by atoms with van der Waals surface area (Å²) < 4.78 is 3.02. The quantitative estimate of drug-likeness (QED) is 0.934. The first-order chi connectivity index (χ1) is 7.72. The van der Waals surface area contributed by atoms with Crippen LogP contribution in [0.15, 0.2) is 29.0 Å². The summed E-state index contributed by atoms with van der Waals surface area (Å²) in [7, 11) is 0. The second-order valence-corrected chi connectivity index (χ2v) is 4.72. The number of nitrogens with one attached hydrogen (secondary N) is 1. The molecular weight excluding hydrogens is 266 g/mol. The van der Waals surface area contributed by atoms with Gasteiger partial charge in [0.05, 0.1) is 12.1 Å². The van der Waals surface area contributed by atoms with Crippen molar-refractivity contribution in [1.82, 2.24) is 14.7 Å². The number of aromatic nitrogens is 2. The molecule has 0 aromatic carbocycles. The summed E-state index contributed by atoms with van der Waals surface area (Å²) in [5.41, 5.74) is 1.11. The van der Waals surface area contributed by atoms with Crippen LogP contribution in [0.25, 0.3) is 5.52 Å². The number of fused-ring (bicyclic) bond motifs is 1. The first-order valence-corrected chi connectivity index (χ1v) is 6.36. The van der Waals surface area contributed by atoms with Crippen LogP contribution in [0.1, 0.15) is 26.1 Å². The molecule has 86 valence electrons. The number of pyridine rings is 1. The Kier molecular flexibility index (Phi) is 3.61. The van der Waals surface area contributed by atoms with E-state index in [0.29, 0.717) is 6.04 Å². The van der Waals surface area contributed by atoms with E-state index < -0.39 is 0 Å². The van der Waals surface area contributed by atoms with E-state index in [0.717, 1.165) is 28.9 Å². The topological polar surface area (TPSA) is 29.3 Å². The summed E-state index contributed by atoms with van der Waals surface area (Å²) in [6.45, 7) is 5.16. The predicted octanol–water partition coefficient (Wildman–Crippen LogP) is 2.98. The van der Waals surface area contributed by atoms with Crippen LogP contribution in [0, 0.1) is 0 Å². The van der Waals surface area contributed by atoms with Crippen LogP contribution < -0.4 is 5.32 Å². The van der Waals surface area contributed by atoms with Crippen molar-refractivity contribution < 1.29 is 0 Å². The highest BCUT2D eigenvalue weighted by Crippen LogP contribution is 2.18. The average Bonchev–Trinajstić information content (AvgIpc) is 2.64. The molecule has 16 heavy (non-hydrogen) atoms. The van der Waals surface area contributed by atoms with Crippen molar-refractivity contribution in [3.63, 3.8) is 0 Å². The third-order valence-electron chi connectivity index (χ3n) is 2.80. The Morgan fingerprint density at radius 1 is 1.50 bits per heavy atom. The minimum Gasteiger partial charge on any atom is -0.307 e. The summed E-state index contributed by atoms with van der Waals surface area (Å²) in [6.07, 6.45) is 3.17. The number of nitrogens with zero attached hydrogens (tertiary/aromatic N) is 2. The van der Waals surface area contributed by atoms with Crippen molar-refractivity contribution in [3.05, 3.63) is 34.8 Å². The fourth-order valence-corrected chi connectivity index (χ4v) is 2.12. The van der Waals surface area contributed by atoms with Gasteiger partial charge in [-0.3, -0.25) is 0 Å². The van der Waals surface area contributed by atoms with Crippen LogP contribution in [0.4, 0.5) is 0 Å². The number of imidazole rings is 1. The van der Waals surface area contributed by atoms with Gasteiger partial charge in [0.15, 0.2) is 0 Å². The first-order valence-electron chi connectivity index (χ1n) is 5.57. The van der Waals surface area contributed by atoms with E-state index in [-0.39, 0.29) is 0 Å². The fourth-order valence-electron chi connectivity index (χ4n) is 1.60. The molecule has 1 N–H and O–H groups in total. The molecule has 0 spiro atoms. The maximum absolute atomic E-state index is 4.51. The third kappa shape index (κ3) is 2.28. The molecule has 0 aliphatic heterocycles. The molecule has 0 radical (unpaired) electrons. The normalized spacial score (nSPS) is 13.2. The molecule has 4 heteroatoms. The minimum absolute atomic E-state index is 0.523.